The predicted octanol–water partition coefficient (Wildman–Crippen LogP) is 6.03. The van der Waals surface area contributed by atoms with E-state index < -0.39 is 17.2 Å². The van der Waals surface area contributed by atoms with Crippen molar-refractivity contribution in [2.75, 3.05) is 5.75 Å². The van der Waals surface area contributed by atoms with Crippen molar-refractivity contribution in [3.63, 3.8) is 0 Å². The van der Waals surface area contributed by atoms with Crippen molar-refractivity contribution in [2.24, 2.45) is 7.05 Å². The zero-order valence-electron chi connectivity index (χ0n) is 15.9. The average Bonchev–Trinajstić information content (AvgIpc) is 3.17. The molecule has 0 saturated carbocycles. The van der Waals surface area contributed by atoms with Gasteiger partial charge in [-0.1, -0.05) is 6.92 Å². The molecular formula is C18H13F6N5S2. The average molecular weight is 477 g/mol. The van der Waals surface area contributed by atoms with Crippen LogP contribution in [0.25, 0.3) is 28.3 Å². The molecule has 0 N–H and O–H groups in total. The summed E-state index contributed by atoms with van der Waals surface area (Å²) in [5.74, 6) is 0.918. The van der Waals surface area contributed by atoms with E-state index in [1.165, 1.54) is 28.4 Å². The van der Waals surface area contributed by atoms with Crippen molar-refractivity contribution in [2.45, 2.75) is 28.5 Å². The number of hydrogen-bond donors (Lipinski definition) is 0. The van der Waals surface area contributed by atoms with Crippen molar-refractivity contribution < 1.29 is 26.3 Å². The van der Waals surface area contributed by atoms with E-state index in [9.17, 15) is 26.3 Å². The number of imidazole rings is 2. The third-order valence-electron chi connectivity index (χ3n) is 4.32. The molecule has 0 aliphatic heterocycles. The smallest absolute Gasteiger partial charge is 0.310 e. The van der Waals surface area contributed by atoms with Gasteiger partial charge >= 0.3 is 11.7 Å². The topological polar surface area (TPSA) is 48.0 Å². The highest BCUT2D eigenvalue weighted by molar-refractivity contribution is 8.00. The molecule has 4 rings (SSSR count). The molecule has 4 aromatic heterocycles. The Bertz CT molecular complexity index is 1270. The van der Waals surface area contributed by atoms with E-state index in [0.717, 1.165) is 18.3 Å². The zero-order chi connectivity index (χ0) is 22.6. The van der Waals surface area contributed by atoms with Crippen molar-refractivity contribution >= 4 is 40.3 Å². The van der Waals surface area contributed by atoms with Crippen LogP contribution in [0.2, 0.25) is 0 Å². The summed E-state index contributed by atoms with van der Waals surface area (Å²) in [6.07, 6.45) is -2.11. The third-order valence-corrected chi connectivity index (χ3v) is 5.96. The molecule has 31 heavy (non-hydrogen) atoms. The summed E-state index contributed by atoms with van der Waals surface area (Å²) < 4.78 is 80.4. The number of rotatable bonds is 4. The summed E-state index contributed by atoms with van der Waals surface area (Å²) in [4.78, 5) is 12.7. The van der Waals surface area contributed by atoms with Crippen LogP contribution in [0.15, 0.2) is 40.5 Å². The van der Waals surface area contributed by atoms with Gasteiger partial charge in [0.15, 0.2) is 11.5 Å². The Hall–Kier alpha value is -2.41. The maximum absolute atomic E-state index is 13.1. The van der Waals surface area contributed by atoms with Gasteiger partial charge in [-0.3, -0.25) is 4.40 Å². The lowest BCUT2D eigenvalue weighted by Gasteiger charge is -2.07. The first kappa shape index (κ1) is 21.8. The molecule has 0 unspecified atom stereocenters. The van der Waals surface area contributed by atoms with Gasteiger partial charge in [0.05, 0.1) is 5.56 Å². The Balaban J connectivity index is 1.88. The molecule has 0 radical (unpaired) electrons. The Morgan fingerprint density at radius 2 is 1.81 bits per heavy atom. The highest BCUT2D eigenvalue weighted by atomic mass is 32.2. The molecule has 0 aliphatic rings. The van der Waals surface area contributed by atoms with Crippen molar-refractivity contribution in [3.8, 4) is 11.5 Å². The second-order valence-electron chi connectivity index (χ2n) is 6.40. The van der Waals surface area contributed by atoms with Gasteiger partial charge in [-0.15, -0.1) is 11.8 Å². The van der Waals surface area contributed by atoms with Gasteiger partial charge in [0, 0.05) is 24.3 Å². The number of pyridine rings is 2. The highest BCUT2D eigenvalue weighted by Crippen LogP contribution is 2.39. The molecule has 0 spiro atoms. The fourth-order valence-electron chi connectivity index (χ4n) is 3.08. The molecule has 0 aromatic carbocycles. The maximum atomic E-state index is 13.1. The van der Waals surface area contributed by atoms with Gasteiger partial charge in [0.25, 0.3) is 0 Å². The minimum Gasteiger partial charge on any atom is -0.310 e. The molecule has 164 valence electrons. The van der Waals surface area contributed by atoms with Crippen molar-refractivity contribution in [1.29, 1.82) is 0 Å². The Kier molecular flexibility index (Phi) is 5.36. The van der Waals surface area contributed by atoms with Gasteiger partial charge in [0.2, 0.25) is 0 Å². The standard InChI is InChI=1S/C18H13F6N5S2/c1-3-30-16-13(27-12-6-9(17(19,20)21)4-5-29(12)16)15-26-11-7-10(31-18(22,23)24)8-25-14(11)28(15)2/h4-8H,3H2,1-2H3. The lowest BCUT2D eigenvalue weighted by molar-refractivity contribution is -0.137. The fourth-order valence-corrected chi connectivity index (χ4v) is 4.46. The summed E-state index contributed by atoms with van der Waals surface area (Å²) in [6, 6.07) is 3.19. The molecule has 13 heteroatoms. The van der Waals surface area contributed by atoms with Gasteiger partial charge in [-0.2, -0.15) is 26.3 Å². The monoisotopic (exact) mass is 477 g/mol. The van der Waals surface area contributed by atoms with Crippen LogP contribution in [0.3, 0.4) is 0 Å². The SMILES string of the molecule is CCSc1c(-c2nc3cc(SC(F)(F)F)cnc3n2C)nc2cc(C(F)(F)F)ccn12. The lowest BCUT2D eigenvalue weighted by atomic mass is 10.2. The van der Waals surface area contributed by atoms with E-state index in [-0.39, 0.29) is 27.8 Å². The van der Waals surface area contributed by atoms with Gasteiger partial charge < -0.3 is 4.57 Å². The maximum Gasteiger partial charge on any atom is 0.446 e. The van der Waals surface area contributed by atoms with Crippen molar-refractivity contribution in [3.05, 3.63) is 36.2 Å². The first-order valence-corrected chi connectivity index (χ1v) is 10.6. The molecule has 0 atom stereocenters. The molecule has 0 bridgehead atoms. The van der Waals surface area contributed by atoms with E-state index in [1.807, 2.05) is 6.92 Å². The van der Waals surface area contributed by atoms with Gasteiger partial charge in [0.1, 0.15) is 21.9 Å². The first-order chi connectivity index (χ1) is 14.5. The van der Waals surface area contributed by atoms with Gasteiger partial charge in [-0.25, -0.2) is 15.0 Å². The van der Waals surface area contributed by atoms with E-state index in [0.29, 0.717) is 27.9 Å². The van der Waals surface area contributed by atoms with E-state index in [4.69, 9.17) is 0 Å². The number of aryl methyl sites for hydroxylation is 1. The summed E-state index contributed by atoms with van der Waals surface area (Å²) in [6.45, 7) is 1.88. The number of nitrogens with zero attached hydrogens (tertiary/aromatic N) is 5. The molecule has 5 nitrogen and oxygen atoms in total. The zero-order valence-corrected chi connectivity index (χ0v) is 17.5. The first-order valence-electron chi connectivity index (χ1n) is 8.78. The quantitative estimate of drug-likeness (QED) is 0.266. The summed E-state index contributed by atoms with van der Waals surface area (Å²) >= 11 is 1.07. The van der Waals surface area contributed by atoms with E-state index >= 15 is 0 Å². The molecule has 4 aromatic rings. The largest absolute Gasteiger partial charge is 0.446 e. The van der Waals surface area contributed by atoms with Crippen LogP contribution < -0.4 is 0 Å². The fraction of sp³-hybridized carbons (Fsp3) is 0.278. The summed E-state index contributed by atoms with van der Waals surface area (Å²) in [7, 11) is 1.62. The van der Waals surface area contributed by atoms with Gasteiger partial charge in [-0.05, 0) is 35.7 Å². The van der Waals surface area contributed by atoms with Crippen LogP contribution in [0.4, 0.5) is 26.3 Å². The number of fused-ring (bicyclic) bond motifs is 2. The molecule has 0 saturated heterocycles. The Morgan fingerprint density at radius 3 is 2.45 bits per heavy atom. The van der Waals surface area contributed by atoms with Crippen LogP contribution >= 0.6 is 23.5 Å². The molecule has 0 fully saturated rings. The molecule has 0 amide bonds. The lowest BCUT2D eigenvalue weighted by Crippen LogP contribution is -2.05. The molecular weight excluding hydrogens is 464 g/mol. The van der Waals surface area contributed by atoms with Crippen LogP contribution in [-0.4, -0.2) is 35.2 Å². The van der Waals surface area contributed by atoms with Crippen molar-refractivity contribution in [1.82, 2.24) is 23.9 Å². The number of halogens is 6. The number of thioether (sulfide) groups is 2. The Morgan fingerprint density at radius 1 is 1.06 bits per heavy atom. The minimum atomic E-state index is -4.51. The normalized spacial score (nSPS) is 12.9. The van der Waals surface area contributed by atoms with Crippen LogP contribution in [0.1, 0.15) is 12.5 Å². The van der Waals surface area contributed by atoms with E-state index in [2.05, 4.69) is 15.0 Å². The Labute approximate surface area is 179 Å². The number of alkyl halides is 6. The predicted molar refractivity (Wildman–Crippen MR) is 106 cm³/mol. The molecule has 0 aliphatic carbocycles. The third kappa shape index (κ3) is 4.20. The van der Waals surface area contributed by atoms with Crippen LogP contribution in [-0.2, 0) is 13.2 Å². The minimum absolute atomic E-state index is 0.0918. The number of aromatic nitrogens is 5. The second kappa shape index (κ2) is 7.62. The highest BCUT2D eigenvalue weighted by Gasteiger charge is 2.32. The number of hydrogen-bond acceptors (Lipinski definition) is 5. The van der Waals surface area contributed by atoms with Crippen LogP contribution in [0, 0.1) is 0 Å². The summed E-state index contributed by atoms with van der Waals surface area (Å²) in [5, 5.41) is 0.578. The van der Waals surface area contributed by atoms with E-state index in [1.54, 1.807) is 11.6 Å². The molecule has 4 heterocycles. The second-order valence-corrected chi connectivity index (χ2v) is 8.79. The summed E-state index contributed by atoms with van der Waals surface area (Å²) in [5.41, 5.74) is -4.31. The van der Waals surface area contributed by atoms with Crippen LogP contribution in [0.5, 0.6) is 0 Å².